The summed E-state index contributed by atoms with van der Waals surface area (Å²) in [5, 5.41) is 9.67. The number of aromatic hydroxyl groups is 1. The van der Waals surface area contributed by atoms with E-state index in [1.807, 2.05) is 0 Å². The Morgan fingerprint density at radius 3 is 2.13 bits per heavy atom. The van der Waals surface area contributed by atoms with Crippen LogP contribution in [0.2, 0.25) is 0 Å². The molecular formula is C14H12F3NO5. The standard InChI is InChI=1S/C14H12F3NO5/c1-6-4-7(19)5-8-9(6)18-10(14(15,16)17)13(8,11(20)22-2)12(21)23-3/h4-5,19H,1-3H3. The van der Waals surface area contributed by atoms with Crippen LogP contribution in [-0.2, 0) is 24.5 Å². The van der Waals surface area contributed by atoms with Gasteiger partial charge in [-0.25, -0.2) is 4.99 Å². The second kappa shape index (κ2) is 5.25. The second-order valence-electron chi connectivity index (χ2n) is 4.85. The summed E-state index contributed by atoms with van der Waals surface area (Å²) in [4.78, 5) is 27.8. The molecule has 1 N–H and O–H groups in total. The van der Waals surface area contributed by atoms with E-state index < -0.39 is 40.6 Å². The van der Waals surface area contributed by atoms with Gasteiger partial charge >= 0.3 is 18.1 Å². The monoisotopic (exact) mass is 331 g/mol. The third-order valence-corrected chi connectivity index (χ3v) is 3.52. The molecule has 1 heterocycles. The van der Waals surface area contributed by atoms with Gasteiger partial charge in [0.25, 0.3) is 0 Å². The lowest BCUT2D eigenvalue weighted by atomic mass is 9.76. The molecule has 124 valence electrons. The Kier molecular flexibility index (Phi) is 3.83. The van der Waals surface area contributed by atoms with Crippen molar-refractivity contribution >= 4 is 23.3 Å². The van der Waals surface area contributed by atoms with Crippen molar-refractivity contribution in [3.05, 3.63) is 23.3 Å². The molecule has 0 amide bonds. The first kappa shape index (κ1) is 16.8. The van der Waals surface area contributed by atoms with E-state index in [1.165, 1.54) is 13.0 Å². The van der Waals surface area contributed by atoms with Crippen LogP contribution >= 0.6 is 0 Å². The molecule has 1 aliphatic heterocycles. The number of fused-ring (bicyclic) bond motifs is 1. The Balaban J connectivity index is 2.94. The van der Waals surface area contributed by atoms with Crippen molar-refractivity contribution < 1.29 is 37.3 Å². The van der Waals surface area contributed by atoms with Crippen LogP contribution in [0, 0.1) is 6.92 Å². The molecule has 2 rings (SSSR count). The zero-order valence-corrected chi connectivity index (χ0v) is 12.3. The number of esters is 2. The van der Waals surface area contributed by atoms with Crippen LogP contribution in [0.5, 0.6) is 5.75 Å². The third kappa shape index (κ3) is 2.23. The maximum absolute atomic E-state index is 13.4. The van der Waals surface area contributed by atoms with Crippen LogP contribution < -0.4 is 0 Å². The summed E-state index contributed by atoms with van der Waals surface area (Å²) in [5.74, 6) is -3.41. The van der Waals surface area contributed by atoms with E-state index in [2.05, 4.69) is 14.5 Å². The van der Waals surface area contributed by atoms with Gasteiger partial charge in [0.05, 0.1) is 19.9 Å². The van der Waals surface area contributed by atoms with Gasteiger partial charge in [0.1, 0.15) is 5.75 Å². The highest BCUT2D eigenvalue weighted by Gasteiger charge is 2.66. The maximum Gasteiger partial charge on any atom is 0.431 e. The number of carbonyl (C=O) groups is 2. The SMILES string of the molecule is COC(=O)C1(C(=O)OC)C(C(F)(F)F)=Nc2c(C)cc(O)cc21. The zero-order chi connectivity index (χ0) is 17.6. The van der Waals surface area contributed by atoms with Crippen LogP contribution in [0.25, 0.3) is 0 Å². The van der Waals surface area contributed by atoms with E-state index >= 15 is 0 Å². The van der Waals surface area contributed by atoms with Gasteiger partial charge in [0, 0.05) is 5.56 Å². The molecular weight excluding hydrogens is 319 g/mol. The number of aliphatic imine (C=N–C) groups is 1. The van der Waals surface area contributed by atoms with Gasteiger partial charge in [-0.3, -0.25) is 9.59 Å². The number of rotatable bonds is 2. The summed E-state index contributed by atoms with van der Waals surface area (Å²) in [5.41, 5.74) is -5.09. The number of phenolic OH excluding ortho intramolecular Hbond substituents is 1. The topological polar surface area (TPSA) is 85.2 Å². The van der Waals surface area contributed by atoms with Crippen LogP contribution in [-0.4, -0.2) is 43.2 Å². The van der Waals surface area contributed by atoms with E-state index in [-0.39, 0.29) is 11.3 Å². The van der Waals surface area contributed by atoms with Gasteiger partial charge in [-0.2, -0.15) is 13.2 Å². The number of aryl methyl sites for hydroxylation is 1. The molecule has 0 bridgehead atoms. The van der Waals surface area contributed by atoms with Crippen molar-refractivity contribution in [1.82, 2.24) is 0 Å². The molecule has 0 aliphatic carbocycles. The average molecular weight is 331 g/mol. The van der Waals surface area contributed by atoms with Gasteiger partial charge in [-0.15, -0.1) is 0 Å². The number of ether oxygens (including phenoxy) is 2. The summed E-state index contributed by atoms with van der Waals surface area (Å²) in [6.45, 7) is 1.39. The normalized spacial score (nSPS) is 15.7. The third-order valence-electron chi connectivity index (χ3n) is 3.52. The van der Waals surface area contributed by atoms with E-state index in [9.17, 15) is 27.9 Å². The smallest absolute Gasteiger partial charge is 0.431 e. The highest BCUT2D eigenvalue weighted by Crippen LogP contribution is 2.49. The van der Waals surface area contributed by atoms with E-state index in [1.54, 1.807) is 0 Å². The molecule has 0 saturated carbocycles. The van der Waals surface area contributed by atoms with Gasteiger partial charge < -0.3 is 14.6 Å². The number of alkyl halides is 3. The zero-order valence-electron chi connectivity index (χ0n) is 12.3. The Labute approximate surface area is 128 Å². The van der Waals surface area contributed by atoms with Crippen molar-refractivity contribution in [2.75, 3.05) is 14.2 Å². The van der Waals surface area contributed by atoms with Gasteiger partial charge in [0.15, 0.2) is 5.71 Å². The Morgan fingerprint density at radius 2 is 1.70 bits per heavy atom. The van der Waals surface area contributed by atoms with E-state index in [4.69, 9.17) is 0 Å². The molecule has 0 atom stereocenters. The summed E-state index contributed by atoms with van der Waals surface area (Å²) < 4.78 is 49.2. The number of benzene rings is 1. The molecule has 0 radical (unpaired) electrons. The minimum atomic E-state index is -5.09. The number of phenols is 1. The van der Waals surface area contributed by atoms with Crippen molar-refractivity contribution in [3.63, 3.8) is 0 Å². The first-order chi connectivity index (χ1) is 10.6. The largest absolute Gasteiger partial charge is 0.508 e. The van der Waals surface area contributed by atoms with Crippen molar-refractivity contribution in [2.24, 2.45) is 4.99 Å². The lowest BCUT2D eigenvalue weighted by Gasteiger charge is -2.27. The Bertz CT molecular complexity index is 708. The summed E-state index contributed by atoms with van der Waals surface area (Å²) >= 11 is 0. The minimum absolute atomic E-state index is 0.163. The van der Waals surface area contributed by atoms with Gasteiger partial charge in [-0.05, 0) is 24.6 Å². The van der Waals surface area contributed by atoms with Crippen molar-refractivity contribution in [1.29, 1.82) is 0 Å². The van der Waals surface area contributed by atoms with Crippen LogP contribution in [0.4, 0.5) is 18.9 Å². The van der Waals surface area contributed by atoms with Gasteiger partial charge in [-0.1, -0.05) is 0 Å². The van der Waals surface area contributed by atoms with Gasteiger partial charge in [0.2, 0.25) is 5.41 Å². The molecule has 0 spiro atoms. The number of carbonyl (C=O) groups excluding carboxylic acids is 2. The van der Waals surface area contributed by atoms with Crippen molar-refractivity contribution in [3.8, 4) is 5.75 Å². The molecule has 9 heteroatoms. The fourth-order valence-corrected chi connectivity index (χ4v) is 2.60. The highest BCUT2D eigenvalue weighted by molar-refractivity contribution is 6.32. The second-order valence-corrected chi connectivity index (χ2v) is 4.85. The predicted molar refractivity (Wildman–Crippen MR) is 71.7 cm³/mol. The number of halogens is 3. The number of hydrogen-bond acceptors (Lipinski definition) is 6. The lowest BCUT2D eigenvalue weighted by Crippen LogP contribution is -2.54. The lowest BCUT2D eigenvalue weighted by molar-refractivity contribution is -0.159. The average Bonchev–Trinajstić information content (AvgIpc) is 2.82. The van der Waals surface area contributed by atoms with Crippen LogP contribution in [0.3, 0.4) is 0 Å². The Hall–Kier alpha value is -2.58. The Morgan fingerprint density at radius 1 is 1.17 bits per heavy atom. The molecule has 1 aromatic rings. The van der Waals surface area contributed by atoms with Crippen LogP contribution in [0.15, 0.2) is 17.1 Å². The quantitative estimate of drug-likeness (QED) is 0.661. The molecule has 1 aliphatic rings. The fraction of sp³-hybridized carbons (Fsp3) is 0.357. The van der Waals surface area contributed by atoms with E-state index in [0.29, 0.717) is 0 Å². The molecule has 23 heavy (non-hydrogen) atoms. The molecule has 0 unspecified atom stereocenters. The van der Waals surface area contributed by atoms with Crippen molar-refractivity contribution in [2.45, 2.75) is 18.5 Å². The van der Waals surface area contributed by atoms with E-state index in [0.717, 1.165) is 20.3 Å². The summed E-state index contributed by atoms with van der Waals surface area (Å²) in [6.07, 6.45) is -5.09. The first-order valence-electron chi connectivity index (χ1n) is 6.28. The highest BCUT2D eigenvalue weighted by atomic mass is 19.4. The predicted octanol–water partition coefficient (Wildman–Crippen LogP) is 1.93. The number of methoxy groups -OCH3 is 2. The summed E-state index contributed by atoms with van der Waals surface area (Å²) in [6, 6.07) is 2.04. The minimum Gasteiger partial charge on any atom is -0.508 e. The number of hydrogen-bond donors (Lipinski definition) is 1. The molecule has 1 aromatic carbocycles. The maximum atomic E-state index is 13.4. The molecule has 0 saturated heterocycles. The first-order valence-corrected chi connectivity index (χ1v) is 6.28. The van der Waals surface area contributed by atoms with Crippen LogP contribution in [0.1, 0.15) is 11.1 Å². The molecule has 6 nitrogen and oxygen atoms in total. The fourth-order valence-electron chi connectivity index (χ4n) is 2.60. The summed E-state index contributed by atoms with van der Waals surface area (Å²) in [7, 11) is 1.68. The molecule has 0 fully saturated rings. The molecule has 0 aromatic heterocycles. The number of nitrogens with zero attached hydrogens (tertiary/aromatic N) is 1.